The first kappa shape index (κ1) is 16.7. The molecule has 0 unspecified atom stereocenters. The molecular weight excluding hydrogens is 320 g/mol. The average Bonchev–Trinajstić information content (AvgIpc) is 3.20. The Morgan fingerprint density at radius 2 is 2.12 bits per heavy atom. The van der Waals surface area contributed by atoms with Crippen molar-refractivity contribution < 1.29 is 9.53 Å². The summed E-state index contributed by atoms with van der Waals surface area (Å²) >= 11 is 0. The lowest BCUT2D eigenvalue weighted by atomic mass is 10.1. The zero-order valence-electron chi connectivity index (χ0n) is 13.8. The molecule has 0 saturated heterocycles. The van der Waals surface area contributed by atoms with Gasteiger partial charge < -0.3 is 9.64 Å². The smallest absolute Gasteiger partial charge is 0.254 e. The maximum absolute atomic E-state index is 13.1. The molecule has 0 atom stereocenters. The van der Waals surface area contributed by atoms with Crippen LogP contribution in [0.4, 0.5) is 0 Å². The van der Waals surface area contributed by atoms with E-state index in [9.17, 15) is 4.79 Å². The van der Waals surface area contributed by atoms with Crippen molar-refractivity contribution >= 4 is 5.91 Å². The van der Waals surface area contributed by atoms with E-state index in [-0.39, 0.29) is 5.91 Å². The Morgan fingerprint density at radius 1 is 1.24 bits per heavy atom. The zero-order valence-corrected chi connectivity index (χ0v) is 13.8. The van der Waals surface area contributed by atoms with Crippen LogP contribution in [0.25, 0.3) is 11.4 Å². The molecule has 0 fully saturated rings. The summed E-state index contributed by atoms with van der Waals surface area (Å²) < 4.78 is 5.15. The summed E-state index contributed by atoms with van der Waals surface area (Å²) in [5, 5.41) is 14.0. The third kappa shape index (κ3) is 4.04. The van der Waals surface area contributed by atoms with Crippen LogP contribution in [0.2, 0.25) is 0 Å². The topological polar surface area (TPSA) is 96.9 Å². The monoisotopic (exact) mass is 338 g/mol. The Hall–Kier alpha value is -3.13. The summed E-state index contributed by atoms with van der Waals surface area (Å²) in [6, 6.07) is 11.0. The highest BCUT2D eigenvalue weighted by Crippen LogP contribution is 2.21. The summed E-state index contributed by atoms with van der Waals surface area (Å²) in [5.41, 5.74) is 2.10. The molecule has 0 spiro atoms. The van der Waals surface area contributed by atoms with Gasteiger partial charge in [0.15, 0.2) is 0 Å². The molecule has 0 aliphatic heterocycles. The van der Waals surface area contributed by atoms with Crippen LogP contribution in [0.3, 0.4) is 0 Å². The number of H-pyrrole nitrogens is 1. The van der Waals surface area contributed by atoms with Gasteiger partial charge in [0.1, 0.15) is 0 Å². The fraction of sp³-hybridized carbons (Fsp3) is 0.235. The van der Waals surface area contributed by atoms with E-state index >= 15 is 0 Å². The van der Waals surface area contributed by atoms with Crippen LogP contribution in [0, 0.1) is 0 Å². The van der Waals surface area contributed by atoms with Crippen molar-refractivity contribution in [2.24, 2.45) is 0 Å². The number of nitrogens with one attached hydrogen (secondary N) is 1. The molecule has 25 heavy (non-hydrogen) atoms. The summed E-state index contributed by atoms with van der Waals surface area (Å²) in [5.74, 6) is 0.262. The molecule has 0 aliphatic carbocycles. The van der Waals surface area contributed by atoms with Gasteiger partial charge in [-0.3, -0.25) is 9.78 Å². The highest BCUT2D eigenvalue weighted by Gasteiger charge is 2.21. The zero-order chi connectivity index (χ0) is 17.5. The maximum atomic E-state index is 13.1. The predicted octanol–water partition coefficient (Wildman–Crippen LogP) is 1.55. The number of carbonyl (C=O) groups is 1. The van der Waals surface area contributed by atoms with Gasteiger partial charge >= 0.3 is 0 Å². The van der Waals surface area contributed by atoms with Gasteiger partial charge in [0.05, 0.1) is 12.2 Å². The van der Waals surface area contributed by atoms with Gasteiger partial charge in [0.25, 0.3) is 5.91 Å². The van der Waals surface area contributed by atoms with E-state index < -0.39 is 0 Å². The van der Waals surface area contributed by atoms with E-state index in [0.29, 0.717) is 36.6 Å². The van der Waals surface area contributed by atoms with Gasteiger partial charge in [-0.15, -0.1) is 10.2 Å². The van der Waals surface area contributed by atoms with Crippen LogP contribution in [0.1, 0.15) is 15.9 Å². The predicted molar refractivity (Wildman–Crippen MR) is 90.5 cm³/mol. The van der Waals surface area contributed by atoms with Crippen LogP contribution in [0.5, 0.6) is 0 Å². The number of tetrazole rings is 1. The highest BCUT2D eigenvalue weighted by molar-refractivity contribution is 6.00. The molecule has 128 valence electrons. The number of amides is 1. The lowest BCUT2D eigenvalue weighted by Crippen LogP contribution is -2.33. The number of methoxy groups -OCH3 is 1. The molecule has 0 aliphatic rings. The number of carbonyl (C=O) groups excluding carboxylic acids is 1. The van der Waals surface area contributed by atoms with Gasteiger partial charge in [-0.2, -0.15) is 5.21 Å². The van der Waals surface area contributed by atoms with Gasteiger partial charge in [-0.25, -0.2) is 0 Å². The van der Waals surface area contributed by atoms with Crippen LogP contribution in [-0.2, 0) is 11.3 Å². The molecule has 0 radical (unpaired) electrons. The standard InChI is InChI=1S/C17H18N6O2/c1-25-10-9-23(12-13-5-4-8-18-11-13)17(24)15-7-3-2-6-14(15)16-19-21-22-20-16/h2-8,11H,9-10,12H2,1H3,(H,19,20,21,22). The summed E-state index contributed by atoms with van der Waals surface area (Å²) in [6.45, 7) is 1.35. The van der Waals surface area contributed by atoms with Gasteiger partial charge in [-0.1, -0.05) is 24.3 Å². The van der Waals surface area contributed by atoms with E-state index in [1.54, 1.807) is 36.5 Å². The lowest BCUT2D eigenvalue weighted by molar-refractivity contribution is 0.0681. The molecular formula is C17H18N6O2. The van der Waals surface area contributed by atoms with Crippen molar-refractivity contribution in [3.05, 3.63) is 59.9 Å². The molecule has 2 heterocycles. The van der Waals surface area contributed by atoms with Gasteiger partial charge in [0, 0.05) is 38.2 Å². The number of benzene rings is 1. The van der Waals surface area contributed by atoms with Crippen molar-refractivity contribution in [2.75, 3.05) is 20.3 Å². The second-order valence-electron chi connectivity index (χ2n) is 5.36. The minimum atomic E-state index is -0.124. The number of hydrogen-bond donors (Lipinski definition) is 1. The van der Waals surface area contributed by atoms with Crippen molar-refractivity contribution in [3.63, 3.8) is 0 Å². The van der Waals surface area contributed by atoms with Crippen molar-refractivity contribution in [3.8, 4) is 11.4 Å². The quantitative estimate of drug-likeness (QED) is 0.702. The fourth-order valence-electron chi connectivity index (χ4n) is 2.48. The summed E-state index contributed by atoms with van der Waals surface area (Å²) in [6.07, 6.45) is 3.45. The first-order valence-corrected chi connectivity index (χ1v) is 7.79. The molecule has 3 rings (SSSR count). The second-order valence-corrected chi connectivity index (χ2v) is 5.36. The van der Waals surface area contributed by atoms with E-state index in [1.165, 1.54) is 0 Å². The Morgan fingerprint density at radius 3 is 2.84 bits per heavy atom. The van der Waals surface area contributed by atoms with Gasteiger partial charge in [0.2, 0.25) is 5.82 Å². The highest BCUT2D eigenvalue weighted by atomic mass is 16.5. The third-order valence-corrected chi connectivity index (χ3v) is 3.69. The molecule has 0 saturated carbocycles. The maximum Gasteiger partial charge on any atom is 0.254 e. The minimum Gasteiger partial charge on any atom is -0.383 e. The Balaban J connectivity index is 1.90. The normalized spacial score (nSPS) is 10.6. The summed E-state index contributed by atoms with van der Waals surface area (Å²) in [4.78, 5) is 19.0. The molecule has 1 amide bonds. The van der Waals surface area contributed by atoms with Crippen molar-refractivity contribution in [1.82, 2.24) is 30.5 Å². The summed E-state index contributed by atoms with van der Waals surface area (Å²) in [7, 11) is 1.61. The molecule has 0 bridgehead atoms. The third-order valence-electron chi connectivity index (χ3n) is 3.69. The van der Waals surface area contributed by atoms with Gasteiger partial charge in [-0.05, 0) is 22.9 Å². The van der Waals surface area contributed by atoms with Crippen LogP contribution in [0.15, 0.2) is 48.8 Å². The minimum absolute atomic E-state index is 0.124. The van der Waals surface area contributed by atoms with Crippen LogP contribution < -0.4 is 0 Å². The van der Waals surface area contributed by atoms with E-state index in [2.05, 4.69) is 25.6 Å². The first-order chi connectivity index (χ1) is 12.3. The molecule has 1 N–H and O–H groups in total. The number of rotatable bonds is 7. The Kier molecular flexibility index (Phi) is 5.43. The molecule has 3 aromatic rings. The van der Waals surface area contributed by atoms with Crippen LogP contribution >= 0.6 is 0 Å². The number of aromatic amines is 1. The lowest BCUT2D eigenvalue weighted by Gasteiger charge is -2.23. The van der Waals surface area contributed by atoms with Crippen molar-refractivity contribution in [2.45, 2.75) is 6.54 Å². The van der Waals surface area contributed by atoms with Crippen LogP contribution in [-0.4, -0.2) is 56.7 Å². The first-order valence-electron chi connectivity index (χ1n) is 7.79. The Labute approximate surface area is 144 Å². The molecule has 8 nitrogen and oxygen atoms in total. The number of aromatic nitrogens is 5. The molecule has 8 heteroatoms. The number of ether oxygens (including phenoxy) is 1. The second kappa shape index (κ2) is 8.11. The van der Waals surface area contributed by atoms with E-state index in [4.69, 9.17) is 4.74 Å². The number of hydrogen-bond acceptors (Lipinski definition) is 6. The largest absolute Gasteiger partial charge is 0.383 e. The van der Waals surface area contributed by atoms with E-state index in [1.807, 2.05) is 24.3 Å². The number of pyridine rings is 1. The average molecular weight is 338 g/mol. The molecule has 1 aromatic carbocycles. The number of nitrogens with zero attached hydrogens (tertiary/aromatic N) is 5. The fourth-order valence-corrected chi connectivity index (χ4v) is 2.48. The SMILES string of the molecule is COCCN(Cc1cccnc1)C(=O)c1ccccc1-c1nn[nH]n1. The van der Waals surface area contributed by atoms with Crippen molar-refractivity contribution in [1.29, 1.82) is 0 Å². The Bertz CT molecular complexity index is 807. The molecule has 2 aromatic heterocycles. The van der Waals surface area contributed by atoms with E-state index in [0.717, 1.165) is 5.56 Å².